The number of rotatable bonds is 12. The number of benzene rings is 2. The lowest BCUT2D eigenvalue weighted by atomic mass is 10.1. The maximum atomic E-state index is 13.3. The topological polar surface area (TPSA) is 106 Å². The van der Waals surface area contributed by atoms with Gasteiger partial charge in [0.2, 0.25) is 5.91 Å². The molecule has 9 nitrogen and oxygen atoms in total. The van der Waals surface area contributed by atoms with Gasteiger partial charge in [-0.2, -0.15) is 0 Å². The molecule has 3 rings (SSSR count). The summed E-state index contributed by atoms with van der Waals surface area (Å²) in [5, 5.41) is 11.2. The summed E-state index contributed by atoms with van der Waals surface area (Å²) < 4.78 is 10.5. The Labute approximate surface area is 208 Å². The average Bonchev–Trinajstić information content (AvgIpc) is 3.37. The van der Waals surface area contributed by atoms with Crippen molar-refractivity contribution in [1.82, 2.24) is 9.80 Å². The first kappa shape index (κ1) is 25.9. The highest BCUT2D eigenvalue weighted by Gasteiger charge is 2.25. The highest BCUT2D eigenvalue weighted by atomic mass is 35.5. The molecule has 0 atom stereocenters. The lowest BCUT2D eigenvalue weighted by Crippen LogP contribution is -2.44. The van der Waals surface area contributed by atoms with Crippen molar-refractivity contribution in [3.05, 3.63) is 99.0 Å². The molecule has 0 aliphatic carbocycles. The van der Waals surface area contributed by atoms with Crippen molar-refractivity contribution in [2.24, 2.45) is 0 Å². The number of nitrogens with zero attached hydrogens (tertiary/aromatic N) is 3. The van der Waals surface area contributed by atoms with Gasteiger partial charge in [0.15, 0.2) is 0 Å². The third-order valence-electron chi connectivity index (χ3n) is 5.36. The molecule has 10 heteroatoms. The van der Waals surface area contributed by atoms with Crippen LogP contribution < -0.4 is 0 Å². The quantitative estimate of drug-likeness (QED) is 0.273. The van der Waals surface area contributed by atoms with Crippen LogP contribution in [0.1, 0.15) is 21.7 Å². The van der Waals surface area contributed by atoms with Gasteiger partial charge in [-0.15, -0.1) is 0 Å². The molecule has 1 heterocycles. The minimum atomic E-state index is -0.654. The fourth-order valence-corrected chi connectivity index (χ4v) is 3.66. The molecule has 0 spiro atoms. The van der Waals surface area contributed by atoms with E-state index >= 15 is 0 Å². The number of carbonyl (C=O) groups is 2. The van der Waals surface area contributed by atoms with Crippen LogP contribution in [0.4, 0.5) is 5.69 Å². The van der Waals surface area contributed by atoms with Crippen LogP contribution in [0.5, 0.6) is 0 Å². The lowest BCUT2D eigenvalue weighted by Gasteiger charge is -2.27. The number of nitro groups is 1. The molecular formula is C25H26ClN3O6. The van der Waals surface area contributed by atoms with Crippen LogP contribution in [0.25, 0.3) is 0 Å². The summed E-state index contributed by atoms with van der Waals surface area (Å²) >= 11 is 5.88. The number of ether oxygens (including phenoxy) is 1. The predicted molar refractivity (Wildman–Crippen MR) is 130 cm³/mol. The van der Waals surface area contributed by atoms with E-state index in [1.54, 1.807) is 17.0 Å². The van der Waals surface area contributed by atoms with Crippen LogP contribution in [0, 0.1) is 10.1 Å². The van der Waals surface area contributed by atoms with Gasteiger partial charge in [-0.1, -0.05) is 41.9 Å². The third kappa shape index (κ3) is 7.40. The van der Waals surface area contributed by atoms with E-state index in [0.29, 0.717) is 18.7 Å². The minimum absolute atomic E-state index is 0.0619. The van der Waals surface area contributed by atoms with E-state index in [1.165, 1.54) is 30.4 Å². The van der Waals surface area contributed by atoms with Gasteiger partial charge in [-0.3, -0.25) is 19.7 Å². The van der Waals surface area contributed by atoms with Crippen LogP contribution >= 0.6 is 11.6 Å². The summed E-state index contributed by atoms with van der Waals surface area (Å²) in [5.41, 5.74) is 0.759. The largest absolute Gasteiger partial charge is 0.467 e. The Kier molecular flexibility index (Phi) is 9.39. The standard InChI is InChI=1S/C25H26ClN3O6/c1-34-15-13-28(25(31)20-9-10-22(26)23(16-20)29(32)33)18-24(30)27(17-21-8-5-14-35-21)12-11-19-6-3-2-4-7-19/h2-10,14,16H,11-13,15,17-18H2,1H3. The van der Waals surface area contributed by atoms with E-state index in [2.05, 4.69) is 0 Å². The Bertz CT molecular complexity index is 1140. The van der Waals surface area contributed by atoms with Crippen molar-refractivity contribution < 1.29 is 23.7 Å². The zero-order valence-corrected chi connectivity index (χ0v) is 20.0. The number of nitro benzene ring substituents is 1. The van der Waals surface area contributed by atoms with Gasteiger partial charge in [-0.25, -0.2) is 0 Å². The Balaban J connectivity index is 1.79. The molecule has 1 aromatic heterocycles. The fraction of sp³-hybridized carbons (Fsp3) is 0.280. The highest BCUT2D eigenvalue weighted by Crippen LogP contribution is 2.25. The first-order chi connectivity index (χ1) is 16.9. The van der Waals surface area contributed by atoms with Gasteiger partial charge in [0.25, 0.3) is 11.6 Å². The summed E-state index contributed by atoms with van der Waals surface area (Å²) in [4.78, 5) is 40.1. The molecule has 0 saturated carbocycles. The highest BCUT2D eigenvalue weighted by molar-refractivity contribution is 6.32. The van der Waals surface area contributed by atoms with Gasteiger partial charge >= 0.3 is 0 Å². The lowest BCUT2D eigenvalue weighted by molar-refractivity contribution is -0.384. The van der Waals surface area contributed by atoms with E-state index in [4.69, 9.17) is 20.8 Å². The second-order valence-corrected chi connectivity index (χ2v) is 8.18. The zero-order chi connectivity index (χ0) is 25.2. The van der Waals surface area contributed by atoms with Crippen molar-refractivity contribution in [2.45, 2.75) is 13.0 Å². The Morgan fingerprint density at radius 1 is 1.06 bits per heavy atom. The van der Waals surface area contributed by atoms with Gasteiger partial charge in [0.05, 0.1) is 24.3 Å². The molecule has 0 unspecified atom stereocenters. The first-order valence-corrected chi connectivity index (χ1v) is 11.3. The van der Waals surface area contributed by atoms with Crippen molar-refractivity contribution in [3.63, 3.8) is 0 Å². The Hall–Kier alpha value is -3.69. The number of hydrogen-bond acceptors (Lipinski definition) is 6. The van der Waals surface area contributed by atoms with Crippen LogP contribution in [0.3, 0.4) is 0 Å². The van der Waals surface area contributed by atoms with Gasteiger partial charge in [0, 0.05) is 31.8 Å². The SMILES string of the molecule is COCCN(CC(=O)N(CCc1ccccc1)Cc1ccco1)C(=O)c1ccc(Cl)c([N+](=O)[O-])c1. The monoisotopic (exact) mass is 499 g/mol. The second kappa shape index (κ2) is 12.7. The van der Waals surface area contributed by atoms with E-state index in [0.717, 1.165) is 11.6 Å². The van der Waals surface area contributed by atoms with E-state index < -0.39 is 10.8 Å². The number of furan rings is 1. The molecule has 0 radical (unpaired) electrons. The van der Waals surface area contributed by atoms with Crippen molar-refractivity contribution >= 4 is 29.1 Å². The summed E-state index contributed by atoms with van der Waals surface area (Å²) in [6.45, 7) is 0.759. The maximum Gasteiger partial charge on any atom is 0.288 e. The normalized spacial score (nSPS) is 10.7. The molecule has 0 aliphatic rings. The summed E-state index contributed by atoms with van der Waals surface area (Å²) in [6.07, 6.45) is 2.17. The zero-order valence-electron chi connectivity index (χ0n) is 19.3. The van der Waals surface area contributed by atoms with Gasteiger partial charge < -0.3 is 19.0 Å². The molecule has 0 fully saturated rings. The van der Waals surface area contributed by atoms with Crippen molar-refractivity contribution in [3.8, 4) is 0 Å². The van der Waals surface area contributed by atoms with Crippen LogP contribution in [-0.4, -0.2) is 59.9 Å². The molecule has 35 heavy (non-hydrogen) atoms. The van der Waals surface area contributed by atoms with Crippen LogP contribution in [0.2, 0.25) is 5.02 Å². The van der Waals surface area contributed by atoms with E-state index in [1.807, 2.05) is 30.3 Å². The molecule has 0 aliphatic heterocycles. The Morgan fingerprint density at radius 3 is 2.49 bits per heavy atom. The van der Waals surface area contributed by atoms with Gasteiger partial charge in [0.1, 0.15) is 17.3 Å². The molecule has 0 N–H and O–H groups in total. The van der Waals surface area contributed by atoms with E-state index in [9.17, 15) is 19.7 Å². The molecule has 2 amide bonds. The van der Waals surface area contributed by atoms with Gasteiger partial charge in [-0.05, 0) is 36.2 Å². The number of hydrogen-bond donors (Lipinski definition) is 0. The molecular weight excluding hydrogens is 474 g/mol. The number of carbonyl (C=O) groups excluding carboxylic acids is 2. The minimum Gasteiger partial charge on any atom is -0.467 e. The molecule has 3 aromatic rings. The summed E-state index contributed by atoms with van der Waals surface area (Å²) in [5.74, 6) is -0.198. The summed E-state index contributed by atoms with van der Waals surface area (Å²) in [7, 11) is 1.49. The Morgan fingerprint density at radius 2 is 1.83 bits per heavy atom. The number of halogens is 1. The molecule has 184 valence electrons. The van der Waals surface area contributed by atoms with Crippen LogP contribution in [-0.2, 0) is 22.5 Å². The number of methoxy groups -OCH3 is 1. The predicted octanol–water partition coefficient (Wildman–Crippen LogP) is 4.20. The summed E-state index contributed by atoms with van der Waals surface area (Å²) in [6, 6.07) is 17.1. The van der Waals surface area contributed by atoms with Crippen LogP contribution in [0.15, 0.2) is 71.3 Å². The van der Waals surface area contributed by atoms with Crippen molar-refractivity contribution in [2.75, 3.05) is 33.4 Å². The van der Waals surface area contributed by atoms with Crippen molar-refractivity contribution in [1.29, 1.82) is 0 Å². The second-order valence-electron chi connectivity index (χ2n) is 7.77. The smallest absolute Gasteiger partial charge is 0.288 e. The molecule has 0 saturated heterocycles. The first-order valence-electron chi connectivity index (χ1n) is 10.9. The third-order valence-corrected chi connectivity index (χ3v) is 5.68. The van der Waals surface area contributed by atoms with E-state index in [-0.39, 0.29) is 48.4 Å². The average molecular weight is 500 g/mol. The molecule has 2 aromatic carbocycles. The number of amides is 2. The maximum absolute atomic E-state index is 13.3. The fourth-order valence-electron chi connectivity index (χ4n) is 3.48. The molecule has 0 bridgehead atoms.